The van der Waals surface area contributed by atoms with E-state index in [2.05, 4.69) is 48.1 Å². The van der Waals surface area contributed by atoms with E-state index in [1.807, 2.05) is 0 Å². The third-order valence-corrected chi connectivity index (χ3v) is 5.00. The van der Waals surface area contributed by atoms with Gasteiger partial charge in [-0.25, -0.2) is 0 Å². The Balaban J connectivity index is 1.96. The molecule has 0 unspecified atom stereocenters. The molecule has 3 nitrogen and oxygen atoms in total. The second kappa shape index (κ2) is 3.84. The Morgan fingerprint density at radius 2 is 2.37 bits per heavy atom. The lowest BCUT2D eigenvalue weighted by Gasteiger charge is -2.50. The molecular weight excluding hydrogens is 236 g/mol. The summed E-state index contributed by atoms with van der Waals surface area (Å²) in [5, 5.41) is 1.39. The van der Waals surface area contributed by atoms with Gasteiger partial charge in [0.05, 0.1) is 6.61 Å². The molecule has 0 radical (unpaired) electrons. The van der Waals surface area contributed by atoms with Crippen LogP contribution in [0.3, 0.4) is 0 Å². The van der Waals surface area contributed by atoms with Crippen LogP contribution in [0.2, 0.25) is 0 Å². The Labute approximate surface area is 113 Å². The second-order valence-electron chi connectivity index (χ2n) is 5.85. The first-order valence-electron chi connectivity index (χ1n) is 7.21. The summed E-state index contributed by atoms with van der Waals surface area (Å²) < 4.78 is 6.26. The fourth-order valence-electron chi connectivity index (χ4n) is 3.97. The number of benzene rings is 1. The fraction of sp³-hybridized carbons (Fsp3) is 0.500. The van der Waals surface area contributed by atoms with Gasteiger partial charge in [-0.1, -0.05) is 19.1 Å². The van der Waals surface area contributed by atoms with Crippen LogP contribution in [0.15, 0.2) is 24.4 Å². The fourth-order valence-corrected chi connectivity index (χ4v) is 3.97. The van der Waals surface area contributed by atoms with Crippen LogP contribution in [-0.2, 0) is 16.8 Å². The maximum atomic E-state index is 6.26. The van der Waals surface area contributed by atoms with E-state index in [1.165, 1.54) is 22.0 Å². The van der Waals surface area contributed by atoms with Crippen LogP contribution >= 0.6 is 0 Å². The Kier molecular flexibility index (Phi) is 2.32. The first-order chi connectivity index (χ1) is 9.24. The minimum atomic E-state index is -0.164. The number of aromatic amines is 1. The van der Waals surface area contributed by atoms with Crippen LogP contribution in [0, 0.1) is 0 Å². The zero-order valence-electron chi connectivity index (χ0n) is 11.6. The number of likely N-dealkylation sites (N-methyl/N-ethyl adjacent to an activating group) is 1. The molecule has 2 atom stereocenters. The van der Waals surface area contributed by atoms with E-state index in [4.69, 9.17) is 4.74 Å². The summed E-state index contributed by atoms with van der Waals surface area (Å²) in [4.78, 5) is 5.97. The van der Waals surface area contributed by atoms with Crippen molar-refractivity contribution in [3.05, 3.63) is 35.5 Å². The number of aromatic nitrogens is 1. The first kappa shape index (κ1) is 11.5. The Hall–Kier alpha value is -1.32. The summed E-state index contributed by atoms with van der Waals surface area (Å²) in [6.45, 7) is 7.49. The van der Waals surface area contributed by atoms with E-state index in [0.717, 1.165) is 26.1 Å². The van der Waals surface area contributed by atoms with Gasteiger partial charge in [0.2, 0.25) is 0 Å². The first-order valence-corrected chi connectivity index (χ1v) is 7.21. The van der Waals surface area contributed by atoms with Crippen molar-refractivity contribution in [2.75, 3.05) is 19.7 Å². The average molecular weight is 256 g/mol. The quantitative estimate of drug-likeness (QED) is 0.849. The Morgan fingerprint density at radius 3 is 3.21 bits per heavy atom. The topological polar surface area (TPSA) is 28.3 Å². The number of nitrogens with zero attached hydrogens (tertiary/aromatic N) is 1. The van der Waals surface area contributed by atoms with Crippen molar-refractivity contribution in [2.45, 2.75) is 31.9 Å². The molecule has 1 saturated heterocycles. The van der Waals surface area contributed by atoms with E-state index in [-0.39, 0.29) is 5.60 Å². The molecule has 0 amide bonds. The van der Waals surface area contributed by atoms with E-state index in [1.54, 1.807) is 0 Å². The van der Waals surface area contributed by atoms with Crippen molar-refractivity contribution < 1.29 is 4.74 Å². The molecule has 1 fully saturated rings. The normalized spacial score (nSPS) is 30.5. The van der Waals surface area contributed by atoms with E-state index >= 15 is 0 Å². The molecule has 100 valence electrons. The minimum absolute atomic E-state index is 0.164. The number of fused-ring (bicyclic) bond motifs is 2. The molecule has 1 aromatic heterocycles. The highest BCUT2D eigenvalue weighted by Crippen LogP contribution is 2.45. The SMILES string of the molecule is CCN1CCO[C@]2(C)c3cccc4[nH]cc(c34)C[C@@H]12. The number of H-pyrrole nitrogens is 1. The van der Waals surface area contributed by atoms with Gasteiger partial charge in [0, 0.05) is 29.7 Å². The van der Waals surface area contributed by atoms with Crippen LogP contribution in [0.25, 0.3) is 10.9 Å². The predicted octanol–water partition coefficient (Wildman–Crippen LogP) is 2.66. The summed E-state index contributed by atoms with van der Waals surface area (Å²) in [5.41, 5.74) is 3.88. The summed E-state index contributed by atoms with van der Waals surface area (Å²) in [7, 11) is 0. The Morgan fingerprint density at radius 1 is 1.47 bits per heavy atom. The van der Waals surface area contributed by atoms with Crippen molar-refractivity contribution in [2.24, 2.45) is 0 Å². The summed E-state index contributed by atoms with van der Waals surface area (Å²) in [5.74, 6) is 0. The lowest BCUT2D eigenvalue weighted by molar-refractivity contribution is -0.143. The predicted molar refractivity (Wildman–Crippen MR) is 76.3 cm³/mol. The smallest absolute Gasteiger partial charge is 0.107 e. The maximum Gasteiger partial charge on any atom is 0.107 e. The average Bonchev–Trinajstić information content (AvgIpc) is 2.84. The van der Waals surface area contributed by atoms with Crippen molar-refractivity contribution in [3.8, 4) is 0 Å². The summed E-state index contributed by atoms with van der Waals surface area (Å²) in [6.07, 6.45) is 3.26. The third kappa shape index (κ3) is 1.40. The van der Waals surface area contributed by atoms with E-state index in [0.29, 0.717) is 6.04 Å². The maximum absolute atomic E-state index is 6.26. The molecular formula is C16H20N2O. The van der Waals surface area contributed by atoms with Crippen molar-refractivity contribution >= 4 is 10.9 Å². The molecule has 4 rings (SSSR count). The summed E-state index contributed by atoms with van der Waals surface area (Å²) in [6, 6.07) is 7.00. The highest BCUT2D eigenvalue weighted by Gasteiger charge is 2.47. The van der Waals surface area contributed by atoms with Crippen molar-refractivity contribution in [3.63, 3.8) is 0 Å². The van der Waals surface area contributed by atoms with E-state index in [9.17, 15) is 0 Å². The highest BCUT2D eigenvalue weighted by atomic mass is 16.5. The molecule has 2 heterocycles. The standard InChI is InChI=1S/C16H20N2O/c1-3-18-7-8-19-16(2)12-5-4-6-13-15(12)11(10-17-13)9-14(16)18/h4-6,10,14,17H,3,7-9H2,1-2H3/t14-,16-/m1/s1. The molecule has 0 spiro atoms. The lowest BCUT2D eigenvalue weighted by Crippen LogP contribution is -2.58. The van der Waals surface area contributed by atoms with Gasteiger partial charge in [-0.3, -0.25) is 4.90 Å². The number of rotatable bonds is 1. The third-order valence-electron chi connectivity index (χ3n) is 5.00. The molecule has 0 saturated carbocycles. The molecule has 2 aromatic rings. The second-order valence-corrected chi connectivity index (χ2v) is 5.85. The van der Waals surface area contributed by atoms with Gasteiger partial charge < -0.3 is 9.72 Å². The highest BCUT2D eigenvalue weighted by molar-refractivity contribution is 5.88. The number of morpholine rings is 1. The van der Waals surface area contributed by atoms with Crippen LogP contribution < -0.4 is 0 Å². The van der Waals surface area contributed by atoms with Crippen LogP contribution in [0.1, 0.15) is 25.0 Å². The molecule has 1 N–H and O–H groups in total. The molecule has 1 aliphatic carbocycles. The molecule has 3 heteroatoms. The van der Waals surface area contributed by atoms with Crippen LogP contribution in [0.5, 0.6) is 0 Å². The van der Waals surface area contributed by atoms with Gasteiger partial charge in [0.15, 0.2) is 0 Å². The zero-order chi connectivity index (χ0) is 13.0. The molecule has 1 aliphatic heterocycles. The monoisotopic (exact) mass is 256 g/mol. The van der Waals surface area contributed by atoms with Crippen LogP contribution in [0.4, 0.5) is 0 Å². The summed E-state index contributed by atoms with van der Waals surface area (Å²) >= 11 is 0. The zero-order valence-corrected chi connectivity index (χ0v) is 11.6. The van der Waals surface area contributed by atoms with Gasteiger partial charge >= 0.3 is 0 Å². The van der Waals surface area contributed by atoms with Gasteiger partial charge in [0.25, 0.3) is 0 Å². The van der Waals surface area contributed by atoms with Gasteiger partial charge in [-0.2, -0.15) is 0 Å². The Bertz CT molecular complexity index is 633. The molecule has 19 heavy (non-hydrogen) atoms. The number of ether oxygens (including phenoxy) is 1. The largest absolute Gasteiger partial charge is 0.368 e. The van der Waals surface area contributed by atoms with Crippen LogP contribution in [-0.4, -0.2) is 35.6 Å². The van der Waals surface area contributed by atoms with Gasteiger partial charge in [-0.15, -0.1) is 0 Å². The number of hydrogen-bond donors (Lipinski definition) is 1. The van der Waals surface area contributed by atoms with Crippen molar-refractivity contribution in [1.29, 1.82) is 0 Å². The number of hydrogen-bond acceptors (Lipinski definition) is 2. The van der Waals surface area contributed by atoms with Gasteiger partial charge in [0.1, 0.15) is 5.60 Å². The molecule has 2 aliphatic rings. The van der Waals surface area contributed by atoms with E-state index < -0.39 is 0 Å². The lowest BCUT2D eigenvalue weighted by atomic mass is 9.76. The minimum Gasteiger partial charge on any atom is -0.368 e. The molecule has 0 bridgehead atoms. The molecule has 1 aromatic carbocycles. The number of nitrogens with one attached hydrogen (secondary N) is 1. The van der Waals surface area contributed by atoms with Crippen molar-refractivity contribution in [1.82, 2.24) is 9.88 Å². The van der Waals surface area contributed by atoms with Gasteiger partial charge in [-0.05, 0) is 37.1 Å².